The van der Waals surface area contributed by atoms with Crippen molar-refractivity contribution in [3.8, 4) is 0 Å². The fraction of sp³-hybridized carbons (Fsp3) is 0.375. The largest absolute Gasteiger partial charge is 0.352 e. The second-order valence-electron chi connectivity index (χ2n) is 10.9. The van der Waals surface area contributed by atoms with Crippen LogP contribution in [0, 0.1) is 20.8 Å². The Labute approximate surface area is 248 Å². The molecule has 41 heavy (non-hydrogen) atoms. The van der Waals surface area contributed by atoms with Crippen LogP contribution < -0.4 is 9.62 Å². The lowest BCUT2D eigenvalue weighted by atomic mass is 10.1. The van der Waals surface area contributed by atoms with Gasteiger partial charge in [0.05, 0.1) is 10.6 Å². The van der Waals surface area contributed by atoms with Crippen molar-refractivity contribution >= 4 is 39.1 Å². The molecule has 0 unspecified atom stereocenters. The van der Waals surface area contributed by atoms with Gasteiger partial charge >= 0.3 is 0 Å². The number of aryl methyl sites for hydroxylation is 3. The Kier molecular flexibility index (Phi) is 9.76. The summed E-state index contributed by atoms with van der Waals surface area (Å²) in [5, 5.41) is 3.59. The summed E-state index contributed by atoms with van der Waals surface area (Å²) in [5.74, 6) is -0.748. The predicted molar refractivity (Wildman–Crippen MR) is 163 cm³/mol. The summed E-state index contributed by atoms with van der Waals surface area (Å²) in [6, 6.07) is 18.4. The lowest BCUT2D eigenvalue weighted by Crippen LogP contribution is -2.52. The Hall–Kier alpha value is -3.36. The summed E-state index contributed by atoms with van der Waals surface area (Å²) in [4.78, 5) is 29.0. The zero-order chi connectivity index (χ0) is 29.7. The summed E-state index contributed by atoms with van der Waals surface area (Å²) in [7, 11) is -4.12. The molecule has 1 atom stereocenters. The maximum absolute atomic E-state index is 14.1. The number of sulfonamides is 1. The number of hydrogen-bond donors (Lipinski definition) is 1. The van der Waals surface area contributed by atoms with Gasteiger partial charge in [0.25, 0.3) is 10.0 Å². The fourth-order valence-electron chi connectivity index (χ4n) is 5.15. The highest BCUT2D eigenvalue weighted by Crippen LogP contribution is 2.29. The third-order valence-corrected chi connectivity index (χ3v) is 9.64. The molecule has 0 spiro atoms. The average Bonchev–Trinajstić information content (AvgIpc) is 3.44. The van der Waals surface area contributed by atoms with Crippen LogP contribution in [0.5, 0.6) is 0 Å². The van der Waals surface area contributed by atoms with Crippen LogP contribution in [0.1, 0.15) is 54.9 Å². The smallest absolute Gasteiger partial charge is 0.264 e. The zero-order valence-corrected chi connectivity index (χ0v) is 25.6. The number of rotatable bonds is 10. The van der Waals surface area contributed by atoms with Crippen LogP contribution in [0.3, 0.4) is 0 Å². The topological polar surface area (TPSA) is 86.8 Å². The molecular formula is C32H38ClN3O4S. The minimum atomic E-state index is -4.12. The highest BCUT2D eigenvalue weighted by molar-refractivity contribution is 7.92. The molecule has 0 bridgehead atoms. The second kappa shape index (κ2) is 13.1. The van der Waals surface area contributed by atoms with Crippen LogP contribution in [0.4, 0.5) is 5.69 Å². The van der Waals surface area contributed by atoms with Crippen LogP contribution in [-0.2, 0) is 26.2 Å². The van der Waals surface area contributed by atoms with E-state index in [0.717, 1.165) is 46.7 Å². The molecule has 3 aromatic rings. The van der Waals surface area contributed by atoms with E-state index in [1.165, 1.54) is 4.90 Å². The average molecular weight is 596 g/mol. The van der Waals surface area contributed by atoms with Gasteiger partial charge in [-0.25, -0.2) is 8.42 Å². The van der Waals surface area contributed by atoms with E-state index in [2.05, 4.69) is 5.32 Å². The van der Waals surface area contributed by atoms with Crippen molar-refractivity contribution in [2.75, 3.05) is 10.8 Å². The van der Waals surface area contributed by atoms with Gasteiger partial charge in [-0.2, -0.15) is 0 Å². The van der Waals surface area contributed by atoms with Gasteiger partial charge in [-0.15, -0.1) is 0 Å². The van der Waals surface area contributed by atoms with Crippen molar-refractivity contribution < 1.29 is 18.0 Å². The highest BCUT2D eigenvalue weighted by atomic mass is 35.5. The summed E-state index contributed by atoms with van der Waals surface area (Å²) in [5.41, 5.74) is 3.67. The van der Waals surface area contributed by atoms with Gasteiger partial charge < -0.3 is 10.2 Å². The molecule has 3 aromatic carbocycles. The molecule has 4 rings (SSSR count). The molecule has 0 aromatic heterocycles. The minimum Gasteiger partial charge on any atom is -0.352 e. The molecule has 0 saturated heterocycles. The third-order valence-electron chi connectivity index (χ3n) is 7.63. The first kappa shape index (κ1) is 30.6. The molecule has 218 valence electrons. The van der Waals surface area contributed by atoms with Crippen molar-refractivity contribution in [2.45, 2.75) is 76.9 Å². The molecule has 1 aliphatic rings. The Bertz CT molecular complexity index is 1500. The number of benzene rings is 3. The summed E-state index contributed by atoms with van der Waals surface area (Å²) < 4.78 is 29.3. The van der Waals surface area contributed by atoms with E-state index in [1.54, 1.807) is 55.5 Å². The zero-order valence-electron chi connectivity index (χ0n) is 24.1. The molecule has 0 radical (unpaired) electrons. The van der Waals surface area contributed by atoms with Gasteiger partial charge in [0, 0.05) is 17.6 Å². The monoisotopic (exact) mass is 595 g/mol. The maximum Gasteiger partial charge on any atom is 0.264 e. The molecule has 1 aliphatic carbocycles. The molecule has 1 N–H and O–H groups in total. The van der Waals surface area contributed by atoms with Gasteiger partial charge in [0.1, 0.15) is 12.6 Å². The number of hydrogen-bond acceptors (Lipinski definition) is 4. The molecular weight excluding hydrogens is 558 g/mol. The van der Waals surface area contributed by atoms with Crippen molar-refractivity contribution in [1.29, 1.82) is 0 Å². The van der Waals surface area contributed by atoms with Gasteiger partial charge in [0.2, 0.25) is 11.8 Å². The number of carbonyl (C=O) groups excluding carboxylic acids is 2. The number of nitrogens with zero attached hydrogens (tertiary/aromatic N) is 2. The Morgan fingerprint density at radius 2 is 1.61 bits per heavy atom. The van der Waals surface area contributed by atoms with Crippen molar-refractivity contribution in [3.63, 3.8) is 0 Å². The molecule has 9 heteroatoms. The lowest BCUT2D eigenvalue weighted by molar-refractivity contribution is -0.139. The van der Waals surface area contributed by atoms with Gasteiger partial charge in [-0.05, 0) is 87.6 Å². The summed E-state index contributed by atoms with van der Waals surface area (Å²) in [6.45, 7) is 6.89. The number of halogens is 1. The Morgan fingerprint density at radius 3 is 2.27 bits per heavy atom. The van der Waals surface area contributed by atoms with Crippen molar-refractivity contribution in [3.05, 3.63) is 94.0 Å². The van der Waals surface area contributed by atoms with E-state index in [4.69, 9.17) is 11.6 Å². The third kappa shape index (κ3) is 7.49. The van der Waals surface area contributed by atoms with Crippen LogP contribution in [0.15, 0.2) is 71.6 Å². The molecule has 2 amide bonds. The van der Waals surface area contributed by atoms with E-state index < -0.39 is 28.5 Å². The Balaban J connectivity index is 1.72. The molecule has 1 fully saturated rings. The summed E-state index contributed by atoms with van der Waals surface area (Å²) in [6.07, 6.45) is 3.95. The quantitative estimate of drug-likeness (QED) is 0.314. The van der Waals surface area contributed by atoms with E-state index in [0.29, 0.717) is 16.3 Å². The molecule has 1 saturated carbocycles. The number of amides is 2. The number of carbonyl (C=O) groups is 2. The van der Waals surface area contributed by atoms with Gasteiger partial charge in [-0.1, -0.05) is 66.4 Å². The van der Waals surface area contributed by atoms with Crippen LogP contribution in [0.2, 0.25) is 5.02 Å². The van der Waals surface area contributed by atoms with E-state index >= 15 is 0 Å². The number of anilines is 1. The summed E-state index contributed by atoms with van der Waals surface area (Å²) >= 11 is 6.23. The van der Waals surface area contributed by atoms with Crippen molar-refractivity contribution in [2.24, 2.45) is 0 Å². The molecule has 7 nitrogen and oxygen atoms in total. The van der Waals surface area contributed by atoms with E-state index in [1.807, 2.05) is 39.0 Å². The number of nitrogens with one attached hydrogen (secondary N) is 1. The molecule has 0 aliphatic heterocycles. The van der Waals surface area contributed by atoms with Gasteiger partial charge in [-0.3, -0.25) is 13.9 Å². The molecule has 0 heterocycles. The SMILES string of the molecule is Cc1ccc(S(=O)(=O)N(CC(=O)N(Cc2cccc(Cl)c2)[C@H](C)C(=O)NC2CCCC2)c2cc(C)ccc2C)cc1. The first-order chi connectivity index (χ1) is 19.5. The van der Waals surface area contributed by atoms with E-state index in [-0.39, 0.29) is 23.4 Å². The van der Waals surface area contributed by atoms with E-state index in [9.17, 15) is 18.0 Å². The van der Waals surface area contributed by atoms with Crippen molar-refractivity contribution in [1.82, 2.24) is 10.2 Å². The standard InChI is InChI=1S/C32H38ClN3O4S/c1-22-13-16-29(17-14-22)41(39,40)36(30-18-23(2)12-15-24(30)3)21-31(37)35(20-26-8-7-9-27(33)19-26)25(4)32(38)34-28-10-5-6-11-28/h7-9,12-19,25,28H,5-6,10-11,20-21H2,1-4H3,(H,34,38)/t25-/m1/s1. The fourth-order valence-corrected chi connectivity index (χ4v) is 6.83. The lowest BCUT2D eigenvalue weighted by Gasteiger charge is -2.33. The Morgan fingerprint density at radius 1 is 0.951 bits per heavy atom. The predicted octanol–water partition coefficient (Wildman–Crippen LogP) is 5.94. The highest BCUT2D eigenvalue weighted by Gasteiger charge is 2.34. The first-order valence-corrected chi connectivity index (χ1v) is 15.8. The minimum absolute atomic E-state index is 0.0847. The second-order valence-corrected chi connectivity index (χ2v) is 13.2. The van der Waals surface area contributed by atoms with Crippen LogP contribution >= 0.6 is 11.6 Å². The van der Waals surface area contributed by atoms with Crippen LogP contribution in [0.25, 0.3) is 0 Å². The van der Waals surface area contributed by atoms with Gasteiger partial charge in [0.15, 0.2) is 0 Å². The first-order valence-electron chi connectivity index (χ1n) is 14.0. The van der Waals surface area contributed by atoms with Crippen LogP contribution in [-0.4, -0.2) is 43.8 Å². The maximum atomic E-state index is 14.1. The normalized spacial score (nSPS) is 14.5.